The molecule has 0 aliphatic heterocycles. The first-order chi connectivity index (χ1) is 13.1. The molecular weight excluding hydrogens is 380 g/mol. The summed E-state index contributed by atoms with van der Waals surface area (Å²) in [6.45, 7) is 4.29. The van der Waals surface area contributed by atoms with E-state index in [1.165, 1.54) is 29.0 Å². The van der Waals surface area contributed by atoms with Gasteiger partial charge in [0.05, 0.1) is 10.6 Å². The van der Waals surface area contributed by atoms with E-state index in [9.17, 15) is 10.1 Å². The fraction of sp³-hybridized carbons (Fsp3) is 0.150. The van der Waals surface area contributed by atoms with Gasteiger partial charge in [0, 0.05) is 29.0 Å². The molecule has 1 unspecified atom stereocenters. The van der Waals surface area contributed by atoms with Crippen molar-refractivity contribution in [2.24, 2.45) is 0 Å². The molecule has 0 saturated carbocycles. The third kappa shape index (κ3) is 4.50. The Hall–Kier alpha value is -2.77. The Labute approximate surface area is 166 Å². The van der Waals surface area contributed by atoms with Crippen molar-refractivity contribution in [1.82, 2.24) is 4.73 Å². The fourth-order valence-electron chi connectivity index (χ4n) is 2.75. The van der Waals surface area contributed by atoms with Crippen LogP contribution in [0.4, 0.5) is 5.69 Å². The lowest BCUT2D eigenvalue weighted by Gasteiger charge is -2.18. The Balaban J connectivity index is 1.83. The summed E-state index contributed by atoms with van der Waals surface area (Å²) in [6, 6.07) is 16.5. The number of hydrogen-bond donors (Lipinski definition) is 0. The maximum Gasteiger partial charge on any atom is 0.269 e. The number of allylic oxidation sites excluding steroid dienone is 1. The number of nitro groups is 1. The van der Waals surface area contributed by atoms with Crippen LogP contribution in [0.1, 0.15) is 17.9 Å². The third-order valence-electron chi connectivity index (χ3n) is 4.16. The van der Waals surface area contributed by atoms with Gasteiger partial charge in [0.15, 0.2) is 3.95 Å². The molecule has 3 aromatic rings. The second-order valence-corrected chi connectivity index (χ2v) is 7.42. The molecule has 138 valence electrons. The summed E-state index contributed by atoms with van der Waals surface area (Å²) in [7, 11) is 0. The minimum Gasteiger partial charge on any atom is -0.411 e. The van der Waals surface area contributed by atoms with Gasteiger partial charge in [-0.2, -0.15) is 4.73 Å². The third-order valence-corrected chi connectivity index (χ3v) is 5.32. The smallest absolute Gasteiger partial charge is 0.269 e. The van der Waals surface area contributed by atoms with E-state index in [4.69, 9.17) is 17.1 Å². The molecule has 1 heterocycles. The van der Waals surface area contributed by atoms with Crippen LogP contribution < -0.4 is 4.84 Å². The van der Waals surface area contributed by atoms with Gasteiger partial charge in [-0.05, 0) is 36.3 Å². The molecule has 7 heteroatoms. The van der Waals surface area contributed by atoms with Crippen molar-refractivity contribution < 1.29 is 9.76 Å². The molecule has 0 aliphatic carbocycles. The lowest BCUT2D eigenvalue weighted by molar-refractivity contribution is -0.384. The summed E-state index contributed by atoms with van der Waals surface area (Å²) in [5.74, 6) is 0.162. The molecule has 0 radical (unpaired) electrons. The van der Waals surface area contributed by atoms with Crippen molar-refractivity contribution in [3.63, 3.8) is 0 Å². The van der Waals surface area contributed by atoms with Crippen molar-refractivity contribution in [2.75, 3.05) is 6.61 Å². The van der Waals surface area contributed by atoms with E-state index >= 15 is 0 Å². The van der Waals surface area contributed by atoms with Crippen LogP contribution >= 0.6 is 23.6 Å². The Bertz CT molecular complexity index is 978. The highest BCUT2D eigenvalue weighted by Crippen LogP contribution is 2.26. The first-order valence-electron chi connectivity index (χ1n) is 8.34. The zero-order valence-corrected chi connectivity index (χ0v) is 16.1. The topological polar surface area (TPSA) is 57.3 Å². The maximum atomic E-state index is 10.8. The molecule has 0 amide bonds. The van der Waals surface area contributed by atoms with Gasteiger partial charge in [-0.3, -0.25) is 10.1 Å². The summed E-state index contributed by atoms with van der Waals surface area (Å²) >= 11 is 6.80. The van der Waals surface area contributed by atoms with Crippen molar-refractivity contribution >= 4 is 29.2 Å². The van der Waals surface area contributed by atoms with Crippen LogP contribution in [0, 0.1) is 14.1 Å². The highest BCUT2D eigenvalue weighted by atomic mass is 32.1. The average molecular weight is 399 g/mol. The standard InChI is InChI=1S/C20H18N2O3S2/c1-2-6-17(15-7-4-3-5-8-15)13-25-21-19(14-27-20(21)26)16-9-11-18(12-10-16)22(23)24/h2-5,7-12,14,17H,1,6,13H2. The fourth-order valence-corrected chi connectivity index (χ4v) is 3.74. The lowest BCUT2D eigenvalue weighted by atomic mass is 9.97. The molecule has 2 aromatic carbocycles. The number of hydrogen-bond acceptors (Lipinski definition) is 5. The van der Waals surface area contributed by atoms with Gasteiger partial charge in [-0.1, -0.05) is 36.4 Å². The summed E-state index contributed by atoms with van der Waals surface area (Å²) < 4.78 is 2.22. The highest BCUT2D eigenvalue weighted by molar-refractivity contribution is 7.73. The molecule has 3 rings (SSSR count). The summed E-state index contributed by atoms with van der Waals surface area (Å²) in [6.07, 6.45) is 2.67. The van der Waals surface area contributed by atoms with Crippen LogP contribution in [0.25, 0.3) is 11.3 Å². The molecule has 5 nitrogen and oxygen atoms in total. The van der Waals surface area contributed by atoms with Gasteiger partial charge in [0.2, 0.25) is 0 Å². The van der Waals surface area contributed by atoms with E-state index in [0.717, 1.165) is 17.7 Å². The van der Waals surface area contributed by atoms with Gasteiger partial charge in [-0.25, -0.2) is 0 Å². The molecule has 1 atom stereocenters. The van der Waals surface area contributed by atoms with Crippen molar-refractivity contribution in [3.8, 4) is 11.3 Å². The molecule has 0 fully saturated rings. The number of rotatable bonds is 8. The van der Waals surface area contributed by atoms with Crippen molar-refractivity contribution in [1.29, 1.82) is 0 Å². The van der Waals surface area contributed by atoms with Gasteiger partial charge in [-0.15, -0.1) is 17.9 Å². The second kappa shape index (κ2) is 8.75. The Morgan fingerprint density at radius 2 is 1.93 bits per heavy atom. The normalized spacial score (nSPS) is 11.7. The van der Waals surface area contributed by atoms with Gasteiger partial charge in [0.1, 0.15) is 6.61 Å². The number of nitrogens with zero attached hydrogens (tertiary/aromatic N) is 2. The van der Waals surface area contributed by atoms with Crippen molar-refractivity contribution in [2.45, 2.75) is 12.3 Å². The first kappa shape index (κ1) is 19.0. The minimum absolute atomic E-state index is 0.0511. The van der Waals surface area contributed by atoms with E-state index in [1.54, 1.807) is 16.9 Å². The van der Waals surface area contributed by atoms with Gasteiger partial charge >= 0.3 is 0 Å². The first-order valence-corrected chi connectivity index (χ1v) is 9.63. The quantitative estimate of drug-likeness (QED) is 0.213. The van der Waals surface area contributed by atoms with Gasteiger partial charge in [0.25, 0.3) is 5.69 Å². The summed E-state index contributed by atoms with van der Waals surface area (Å²) in [5, 5.41) is 12.7. The average Bonchev–Trinajstić information content (AvgIpc) is 3.06. The molecule has 27 heavy (non-hydrogen) atoms. The van der Waals surface area contributed by atoms with Crippen LogP contribution in [0.5, 0.6) is 0 Å². The second-order valence-electron chi connectivity index (χ2n) is 5.91. The predicted octanol–water partition coefficient (Wildman–Crippen LogP) is 5.64. The van der Waals surface area contributed by atoms with E-state index < -0.39 is 4.92 Å². The predicted molar refractivity (Wildman–Crippen MR) is 111 cm³/mol. The molecular formula is C20H18N2O3S2. The van der Waals surface area contributed by atoms with Crippen LogP contribution in [-0.4, -0.2) is 16.3 Å². The van der Waals surface area contributed by atoms with Crippen LogP contribution in [0.3, 0.4) is 0 Å². The minimum atomic E-state index is -0.416. The number of non-ortho nitro benzene ring substituents is 1. The molecule has 1 aromatic heterocycles. The van der Waals surface area contributed by atoms with E-state index in [2.05, 4.69) is 18.7 Å². The molecule has 0 N–H and O–H groups in total. The van der Waals surface area contributed by atoms with Gasteiger partial charge < -0.3 is 4.84 Å². The number of nitro benzene ring substituents is 1. The Morgan fingerprint density at radius 3 is 2.56 bits per heavy atom. The maximum absolute atomic E-state index is 10.8. The molecule has 0 aliphatic rings. The SMILES string of the molecule is C=CCC(COn1c(-c2ccc([N+](=O)[O-])cc2)csc1=S)c1ccccc1. The van der Waals surface area contributed by atoms with E-state index in [0.29, 0.717) is 10.6 Å². The Morgan fingerprint density at radius 1 is 1.22 bits per heavy atom. The van der Waals surface area contributed by atoms with E-state index in [1.807, 2.05) is 29.7 Å². The summed E-state index contributed by atoms with van der Waals surface area (Å²) in [5.41, 5.74) is 2.82. The highest BCUT2D eigenvalue weighted by Gasteiger charge is 2.15. The van der Waals surface area contributed by atoms with E-state index in [-0.39, 0.29) is 11.6 Å². The zero-order valence-electron chi connectivity index (χ0n) is 14.5. The van der Waals surface area contributed by atoms with Crippen LogP contribution in [-0.2, 0) is 0 Å². The van der Waals surface area contributed by atoms with Crippen LogP contribution in [0.15, 0.2) is 72.6 Å². The largest absolute Gasteiger partial charge is 0.411 e. The number of benzene rings is 2. The summed E-state index contributed by atoms with van der Waals surface area (Å²) in [4.78, 5) is 16.5. The number of aromatic nitrogens is 1. The monoisotopic (exact) mass is 398 g/mol. The molecule has 0 saturated heterocycles. The number of thiazole rings is 1. The Kier molecular flexibility index (Phi) is 6.16. The molecule has 0 spiro atoms. The van der Waals surface area contributed by atoms with Crippen LogP contribution in [0.2, 0.25) is 0 Å². The zero-order chi connectivity index (χ0) is 19.2. The molecule has 0 bridgehead atoms. The van der Waals surface area contributed by atoms with Crippen molar-refractivity contribution in [3.05, 3.63) is 92.3 Å². The lowest BCUT2D eigenvalue weighted by Crippen LogP contribution is -2.19.